The van der Waals surface area contributed by atoms with Crippen molar-refractivity contribution in [2.75, 3.05) is 20.1 Å². The van der Waals surface area contributed by atoms with Gasteiger partial charge in [0.25, 0.3) is 0 Å². The zero-order valence-corrected chi connectivity index (χ0v) is 12.8. The molecule has 0 amide bonds. The molecule has 2 heterocycles. The molecule has 0 aromatic carbocycles. The Balaban J connectivity index is 1.95. The fourth-order valence-electron chi connectivity index (χ4n) is 3.78. The van der Waals surface area contributed by atoms with E-state index in [1.54, 1.807) is 0 Å². The molecule has 1 N–H and O–H groups in total. The van der Waals surface area contributed by atoms with Gasteiger partial charge in [-0.1, -0.05) is 6.42 Å². The highest BCUT2D eigenvalue weighted by atomic mass is 15.2. The lowest BCUT2D eigenvalue weighted by Crippen LogP contribution is -2.38. The molecule has 1 saturated heterocycles. The zero-order valence-electron chi connectivity index (χ0n) is 12.8. The van der Waals surface area contributed by atoms with Gasteiger partial charge in [-0.3, -0.25) is 9.88 Å². The van der Waals surface area contributed by atoms with Gasteiger partial charge >= 0.3 is 0 Å². The summed E-state index contributed by atoms with van der Waals surface area (Å²) in [6.45, 7) is 4.62. The SMILES string of the molecule is CNCC1CCCCN(C2CC2)C1c1cnccc1C. The molecule has 1 aliphatic heterocycles. The third-order valence-corrected chi connectivity index (χ3v) is 4.93. The fourth-order valence-corrected chi connectivity index (χ4v) is 3.78. The first-order valence-electron chi connectivity index (χ1n) is 8.12. The highest BCUT2D eigenvalue weighted by Gasteiger charge is 2.39. The summed E-state index contributed by atoms with van der Waals surface area (Å²) >= 11 is 0. The van der Waals surface area contributed by atoms with E-state index < -0.39 is 0 Å². The molecule has 0 radical (unpaired) electrons. The van der Waals surface area contributed by atoms with Crippen molar-refractivity contribution >= 4 is 0 Å². The Kier molecular flexibility index (Phi) is 4.37. The van der Waals surface area contributed by atoms with Gasteiger partial charge in [0.1, 0.15) is 0 Å². The van der Waals surface area contributed by atoms with Crippen LogP contribution in [0.25, 0.3) is 0 Å². The predicted molar refractivity (Wildman–Crippen MR) is 82.7 cm³/mol. The summed E-state index contributed by atoms with van der Waals surface area (Å²) in [6.07, 6.45) is 10.9. The van der Waals surface area contributed by atoms with Crippen molar-refractivity contribution in [3.05, 3.63) is 29.6 Å². The van der Waals surface area contributed by atoms with Crippen molar-refractivity contribution < 1.29 is 0 Å². The van der Waals surface area contributed by atoms with Gasteiger partial charge in [0.15, 0.2) is 0 Å². The maximum absolute atomic E-state index is 4.41. The Hall–Kier alpha value is -0.930. The van der Waals surface area contributed by atoms with Gasteiger partial charge in [-0.25, -0.2) is 0 Å². The molecule has 1 aromatic rings. The molecule has 1 aliphatic carbocycles. The van der Waals surface area contributed by atoms with Crippen molar-refractivity contribution in [3.63, 3.8) is 0 Å². The van der Waals surface area contributed by atoms with Crippen LogP contribution in [0.4, 0.5) is 0 Å². The van der Waals surface area contributed by atoms with E-state index in [-0.39, 0.29) is 0 Å². The number of pyridine rings is 1. The lowest BCUT2D eigenvalue weighted by Gasteiger charge is -2.36. The van der Waals surface area contributed by atoms with Gasteiger partial charge in [-0.05, 0) is 75.9 Å². The monoisotopic (exact) mass is 273 g/mol. The van der Waals surface area contributed by atoms with Crippen LogP contribution in [0.5, 0.6) is 0 Å². The van der Waals surface area contributed by atoms with Gasteiger partial charge in [0.2, 0.25) is 0 Å². The summed E-state index contributed by atoms with van der Waals surface area (Å²) in [5.74, 6) is 0.714. The van der Waals surface area contributed by atoms with Crippen molar-refractivity contribution in [2.24, 2.45) is 5.92 Å². The normalized spacial score (nSPS) is 28.3. The molecule has 2 atom stereocenters. The molecule has 3 heteroatoms. The van der Waals surface area contributed by atoms with E-state index in [0.717, 1.165) is 12.6 Å². The number of hydrogen-bond acceptors (Lipinski definition) is 3. The molecule has 2 fully saturated rings. The molecule has 1 saturated carbocycles. The third-order valence-electron chi connectivity index (χ3n) is 4.93. The van der Waals surface area contributed by atoms with Crippen LogP contribution in [-0.2, 0) is 0 Å². The Morgan fingerprint density at radius 2 is 2.15 bits per heavy atom. The minimum atomic E-state index is 0.561. The number of rotatable bonds is 4. The van der Waals surface area contributed by atoms with E-state index in [4.69, 9.17) is 0 Å². The lowest BCUT2D eigenvalue weighted by atomic mass is 9.88. The Labute approximate surface area is 122 Å². The summed E-state index contributed by atoms with van der Waals surface area (Å²) in [7, 11) is 2.08. The summed E-state index contributed by atoms with van der Waals surface area (Å²) in [5.41, 5.74) is 2.86. The Bertz CT molecular complexity index is 442. The van der Waals surface area contributed by atoms with Crippen molar-refractivity contribution in [1.82, 2.24) is 15.2 Å². The van der Waals surface area contributed by atoms with E-state index in [1.807, 2.05) is 6.20 Å². The number of aryl methyl sites for hydroxylation is 1. The lowest BCUT2D eigenvalue weighted by molar-refractivity contribution is 0.144. The topological polar surface area (TPSA) is 28.2 Å². The quantitative estimate of drug-likeness (QED) is 0.914. The maximum Gasteiger partial charge on any atom is 0.0409 e. The van der Waals surface area contributed by atoms with Gasteiger partial charge in [-0.15, -0.1) is 0 Å². The highest BCUT2D eigenvalue weighted by molar-refractivity contribution is 5.27. The third kappa shape index (κ3) is 2.89. The molecule has 0 spiro atoms. The van der Waals surface area contributed by atoms with Gasteiger partial charge < -0.3 is 5.32 Å². The van der Waals surface area contributed by atoms with Crippen LogP contribution >= 0.6 is 0 Å². The smallest absolute Gasteiger partial charge is 0.0409 e. The van der Waals surface area contributed by atoms with Crippen LogP contribution in [0.2, 0.25) is 0 Å². The van der Waals surface area contributed by atoms with Gasteiger partial charge in [0, 0.05) is 24.5 Å². The fraction of sp³-hybridized carbons (Fsp3) is 0.706. The predicted octanol–water partition coefficient (Wildman–Crippen LogP) is 2.92. The second-order valence-corrected chi connectivity index (χ2v) is 6.46. The van der Waals surface area contributed by atoms with Crippen molar-refractivity contribution in [3.8, 4) is 0 Å². The minimum absolute atomic E-state index is 0.561. The molecule has 2 aliphatic rings. The Morgan fingerprint density at radius 1 is 1.30 bits per heavy atom. The summed E-state index contributed by atoms with van der Waals surface area (Å²) in [6, 6.07) is 3.56. The van der Waals surface area contributed by atoms with E-state index in [9.17, 15) is 0 Å². The standard InChI is InChI=1S/C17H27N3/c1-13-8-9-19-12-16(13)17-14(11-18-2)5-3-4-10-20(17)15-6-7-15/h8-9,12,14-15,17-18H,3-7,10-11H2,1-2H3. The van der Waals surface area contributed by atoms with Crippen LogP contribution in [0.3, 0.4) is 0 Å². The summed E-state index contributed by atoms with van der Waals surface area (Å²) < 4.78 is 0. The first-order valence-corrected chi connectivity index (χ1v) is 8.12. The molecular weight excluding hydrogens is 246 g/mol. The zero-order chi connectivity index (χ0) is 13.9. The minimum Gasteiger partial charge on any atom is -0.319 e. The van der Waals surface area contributed by atoms with Crippen molar-refractivity contribution in [1.29, 1.82) is 0 Å². The second-order valence-electron chi connectivity index (χ2n) is 6.46. The number of nitrogens with one attached hydrogen (secondary N) is 1. The van der Waals surface area contributed by atoms with Crippen LogP contribution in [-0.4, -0.2) is 36.1 Å². The average molecular weight is 273 g/mol. The average Bonchev–Trinajstić information content (AvgIpc) is 3.26. The Morgan fingerprint density at radius 3 is 2.85 bits per heavy atom. The van der Waals surface area contributed by atoms with Crippen LogP contribution in [0.15, 0.2) is 18.5 Å². The number of nitrogens with zero attached hydrogens (tertiary/aromatic N) is 2. The molecule has 2 unspecified atom stereocenters. The second kappa shape index (κ2) is 6.23. The van der Waals surface area contributed by atoms with Crippen molar-refractivity contribution in [2.45, 2.75) is 51.1 Å². The van der Waals surface area contributed by atoms with E-state index >= 15 is 0 Å². The number of aromatic nitrogens is 1. The van der Waals surface area contributed by atoms with E-state index in [2.05, 4.69) is 41.4 Å². The summed E-state index contributed by atoms with van der Waals surface area (Å²) in [5, 5.41) is 3.42. The summed E-state index contributed by atoms with van der Waals surface area (Å²) in [4.78, 5) is 7.20. The van der Waals surface area contributed by atoms with Crippen LogP contribution in [0, 0.1) is 12.8 Å². The maximum atomic E-state index is 4.41. The molecule has 110 valence electrons. The first-order chi connectivity index (χ1) is 9.81. The molecule has 20 heavy (non-hydrogen) atoms. The highest BCUT2D eigenvalue weighted by Crippen LogP contribution is 2.42. The van der Waals surface area contributed by atoms with E-state index in [1.165, 1.54) is 49.8 Å². The largest absolute Gasteiger partial charge is 0.319 e. The van der Waals surface area contributed by atoms with E-state index in [0.29, 0.717) is 12.0 Å². The molecule has 0 bridgehead atoms. The van der Waals surface area contributed by atoms with Crippen LogP contribution in [0.1, 0.15) is 49.3 Å². The first kappa shape index (κ1) is 14.0. The molecule has 1 aromatic heterocycles. The molecule has 3 rings (SSSR count). The molecule has 3 nitrogen and oxygen atoms in total. The van der Waals surface area contributed by atoms with Gasteiger partial charge in [0.05, 0.1) is 0 Å². The number of likely N-dealkylation sites (tertiary alicyclic amines) is 1. The molecular formula is C17H27N3. The van der Waals surface area contributed by atoms with Crippen LogP contribution < -0.4 is 5.32 Å². The van der Waals surface area contributed by atoms with Gasteiger partial charge in [-0.2, -0.15) is 0 Å². The number of hydrogen-bond donors (Lipinski definition) is 1.